The van der Waals surface area contributed by atoms with Crippen LogP contribution in [0.25, 0.3) is 0 Å². The lowest BCUT2D eigenvalue weighted by Gasteiger charge is -2.04. The molecule has 0 radical (unpaired) electrons. The molecule has 0 saturated carbocycles. The monoisotopic (exact) mass is 185 g/mol. The molecule has 0 spiro atoms. The quantitative estimate of drug-likeness (QED) is 0.388. The maximum atomic E-state index is 10.9. The third-order valence-electron chi connectivity index (χ3n) is 1.30. The molecule has 0 aliphatic carbocycles. The molecule has 0 aliphatic heterocycles. The number of hydrogen-bond acceptors (Lipinski definition) is 3. The Hall–Kier alpha value is -1.32. The van der Waals surface area contributed by atoms with Crippen LogP contribution in [0, 0.1) is 0 Å². The van der Waals surface area contributed by atoms with Crippen LogP contribution in [0.4, 0.5) is 0 Å². The highest BCUT2D eigenvalue weighted by molar-refractivity contribution is 5.91. The highest BCUT2D eigenvalue weighted by Gasteiger charge is 1.99. The molecule has 0 aromatic carbocycles. The second-order valence-electron chi connectivity index (χ2n) is 2.73. The van der Waals surface area contributed by atoms with Crippen LogP contribution in [0.15, 0.2) is 12.2 Å². The lowest BCUT2D eigenvalue weighted by atomic mass is 10.3. The lowest BCUT2D eigenvalue weighted by Crippen LogP contribution is -2.25. The number of amides is 1. The van der Waals surface area contributed by atoms with Crippen molar-refractivity contribution in [1.29, 1.82) is 0 Å². The Kier molecular flexibility index (Phi) is 5.59. The summed E-state index contributed by atoms with van der Waals surface area (Å²) in [5, 5.41) is 2.63. The summed E-state index contributed by atoms with van der Waals surface area (Å²) < 4.78 is 4.67. The third kappa shape index (κ3) is 7.05. The molecule has 4 nitrogen and oxygen atoms in total. The van der Waals surface area contributed by atoms with Gasteiger partial charge in [-0.15, -0.1) is 0 Å². The molecule has 0 fully saturated rings. The van der Waals surface area contributed by atoms with E-state index in [1.165, 1.54) is 6.92 Å². The highest BCUT2D eigenvalue weighted by atomic mass is 16.5. The van der Waals surface area contributed by atoms with Gasteiger partial charge in [0, 0.05) is 19.0 Å². The number of carbonyl (C=O) groups excluding carboxylic acids is 2. The molecular weight excluding hydrogens is 170 g/mol. The van der Waals surface area contributed by atoms with E-state index in [-0.39, 0.29) is 11.9 Å². The topological polar surface area (TPSA) is 55.4 Å². The molecule has 0 aromatic rings. The molecule has 0 aromatic heterocycles. The normalized spacial score (nSPS) is 9.08. The lowest BCUT2D eigenvalue weighted by molar-refractivity contribution is -0.140. The van der Waals surface area contributed by atoms with Crippen molar-refractivity contribution in [1.82, 2.24) is 5.32 Å². The van der Waals surface area contributed by atoms with Gasteiger partial charge in [0.1, 0.15) is 0 Å². The SMILES string of the molecule is C=C(C)C(=O)NCCCOC(C)=O. The molecule has 0 aliphatic rings. The first kappa shape index (κ1) is 11.7. The van der Waals surface area contributed by atoms with Crippen LogP contribution in [-0.4, -0.2) is 25.0 Å². The van der Waals surface area contributed by atoms with Crippen LogP contribution >= 0.6 is 0 Å². The second-order valence-corrected chi connectivity index (χ2v) is 2.73. The van der Waals surface area contributed by atoms with Gasteiger partial charge in [0.15, 0.2) is 0 Å². The van der Waals surface area contributed by atoms with Gasteiger partial charge in [-0.2, -0.15) is 0 Å². The summed E-state index contributed by atoms with van der Waals surface area (Å²) in [7, 11) is 0. The predicted octanol–water partition coefficient (Wildman–Crippen LogP) is 0.632. The van der Waals surface area contributed by atoms with Crippen LogP contribution < -0.4 is 5.32 Å². The fourth-order valence-electron chi connectivity index (χ4n) is 0.641. The van der Waals surface area contributed by atoms with Crippen molar-refractivity contribution in [2.45, 2.75) is 20.3 Å². The maximum absolute atomic E-state index is 10.9. The Morgan fingerprint density at radius 1 is 1.38 bits per heavy atom. The Labute approximate surface area is 78.0 Å². The van der Waals surface area contributed by atoms with Crippen molar-refractivity contribution < 1.29 is 14.3 Å². The van der Waals surface area contributed by atoms with Crippen LogP contribution in [0.2, 0.25) is 0 Å². The van der Waals surface area contributed by atoms with Gasteiger partial charge in [-0.05, 0) is 13.3 Å². The largest absolute Gasteiger partial charge is 0.466 e. The zero-order valence-corrected chi connectivity index (χ0v) is 8.05. The van der Waals surface area contributed by atoms with Crippen molar-refractivity contribution in [3.8, 4) is 0 Å². The minimum Gasteiger partial charge on any atom is -0.466 e. The maximum Gasteiger partial charge on any atom is 0.302 e. The molecule has 4 heteroatoms. The van der Waals surface area contributed by atoms with E-state index in [1.807, 2.05) is 0 Å². The molecule has 74 valence electrons. The molecule has 0 saturated heterocycles. The third-order valence-corrected chi connectivity index (χ3v) is 1.30. The van der Waals surface area contributed by atoms with Gasteiger partial charge in [0.25, 0.3) is 0 Å². The van der Waals surface area contributed by atoms with E-state index in [0.29, 0.717) is 25.1 Å². The molecule has 0 bridgehead atoms. The fraction of sp³-hybridized carbons (Fsp3) is 0.556. The number of ether oxygens (including phenoxy) is 1. The Morgan fingerprint density at radius 2 is 2.00 bits per heavy atom. The molecular formula is C9H15NO3. The first-order valence-corrected chi connectivity index (χ1v) is 4.11. The van der Waals surface area contributed by atoms with Crippen LogP contribution in [0.3, 0.4) is 0 Å². The smallest absolute Gasteiger partial charge is 0.302 e. The zero-order valence-electron chi connectivity index (χ0n) is 8.05. The molecule has 1 amide bonds. The van der Waals surface area contributed by atoms with Crippen LogP contribution in [-0.2, 0) is 14.3 Å². The Balaban J connectivity index is 3.31. The van der Waals surface area contributed by atoms with Crippen molar-refractivity contribution >= 4 is 11.9 Å². The molecule has 13 heavy (non-hydrogen) atoms. The molecule has 0 heterocycles. The van der Waals surface area contributed by atoms with E-state index in [9.17, 15) is 9.59 Å². The number of hydrogen-bond donors (Lipinski definition) is 1. The van der Waals surface area contributed by atoms with E-state index in [0.717, 1.165) is 0 Å². The first-order chi connectivity index (χ1) is 6.04. The summed E-state index contributed by atoms with van der Waals surface area (Å²) in [6.45, 7) is 7.32. The second kappa shape index (κ2) is 6.22. The number of esters is 1. The van der Waals surface area contributed by atoms with E-state index < -0.39 is 0 Å². The summed E-state index contributed by atoms with van der Waals surface area (Å²) in [5.41, 5.74) is 0.479. The average Bonchev–Trinajstić information content (AvgIpc) is 2.02. The highest BCUT2D eigenvalue weighted by Crippen LogP contribution is 1.87. The molecule has 0 atom stereocenters. The summed E-state index contributed by atoms with van der Waals surface area (Å²) in [4.78, 5) is 21.2. The molecule has 0 unspecified atom stereocenters. The Bertz CT molecular complexity index is 211. The van der Waals surface area contributed by atoms with Crippen molar-refractivity contribution in [2.24, 2.45) is 0 Å². The summed E-state index contributed by atoms with van der Waals surface area (Å²) in [5.74, 6) is -0.464. The minimum absolute atomic E-state index is 0.164. The van der Waals surface area contributed by atoms with Crippen LogP contribution in [0.5, 0.6) is 0 Å². The van der Waals surface area contributed by atoms with Crippen molar-refractivity contribution in [3.05, 3.63) is 12.2 Å². The van der Waals surface area contributed by atoms with Gasteiger partial charge in [-0.3, -0.25) is 9.59 Å². The minimum atomic E-state index is -0.300. The molecule has 0 rings (SSSR count). The summed E-state index contributed by atoms with van der Waals surface area (Å²) in [6, 6.07) is 0. The zero-order chi connectivity index (χ0) is 10.3. The van der Waals surface area contributed by atoms with E-state index in [1.54, 1.807) is 6.92 Å². The van der Waals surface area contributed by atoms with E-state index in [2.05, 4.69) is 16.6 Å². The van der Waals surface area contributed by atoms with Gasteiger partial charge in [0.05, 0.1) is 6.61 Å². The Morgan fingerprint density at radius 3 is 2.46 bits per heavy atom. The molecule has 1 N–H and O–H groups in total. The number of rotatable bonds is 5. The number of nitrogens with one attached hydrogen (secondary N) is 1. The van der Waals surface area contributed by atoms with Crippen LogP contribution in [0.1, 0.15) is 20.3 Å². The van der Waals surface area contributed by atoms with Gasteiger partial charge in [-0.25, -0.2) is 0 Å². The van der Waals surface area contributed by atoms with E-state index >= 15 is 0 Å². The number of carbonyl (C=O) groups is 2. The van der Waals surface area contributed by atoms with Crippen molar-refractivity contribution in [2.75, 3.05) is 13.2 Å². The van der Waals surface area contributed by atoms with Gasteiger partial charge in [0.2, 0.25) is 5.91 Å². The predicted molar refractivity (Wildman–Crippen MR) is 49.1 cm³/mol. The average molecular weight is 185 g/mol. The standard InChI is InChI=1S/C9H15NO3/c1-7(2)9(12)10-5-4-6-13-8(3)11/h1,4-6H2,2-3H3,(H,10,12). The van der Waals surface area contributed by atoms with E-state index in [4.69, 9.17) is 0 Å². The fourth-order valence-corrected chi connectivity index (χ4v) is 0.641. The summed E-state index contributed by atoms with van der Waals surface area (Å²) >= 11 is 0. The summed E-state index contributed by atoms with van der Waals surface area (Å²) in [6.07, 6.45) is 0.624. The first-order valence-electron chi connectivity index (χ1n) is 4.11. The van der Waals surface area contributed by atoms with Crippen molar-refractivity contribution in [3.63, 3.8) is 0 Å². The van der Waals surface area contributed by atoms with Gasteiger partial charge < -0.3 is 10.1 Å². The van der Waals surface area contributed by atoms with Gasteiger partial charge in [-0.1, -0.05) is 6.58 Å². The van der Waals surface area contributed by atoms with Gasteiger partial charge >= 0.3 is 5.97 Å².